The Kier molecular flexibility index (Phi) is 4.60. The zero-order chi connectivity index (χ0) is 10.4. The predicted octanol–water partition coefficient (Wildman–Crippen LogP) is 3.06. The molecule has 0 aromatic heterocycles. The standard InChI is InChI=1S/C12H18FN/c1-2-4-10(7-8-14)11-5-3-6-12(13)9-11/h3,5-6,9-10H,2,4,7-8,14H2,1H3. The van der Waals surface area contributed by atoms with Crippen molar-refractivity contribution in [1.29, 1.82) is 0 Å². The van der Waals surface area contributed by atoms with Gasteiger partial charge in [0.2, 0.25) is 0 Å². The number of halogens is 1. The molecule has 78 valence electrons. The zero-order valence-electron chi connectivity index (χ0n) is 8.67. The fourth-order valence-electron chi connectivity index (χ4n) is 1.79. The van der Waals surface area contributed by atoms with E-state index in [9.17, 15) is 4.39 Å². The summed E-state index contributed by atoms with van der Waals surface area (Å²) in [5.41, 5.74) is 6.62. The monoisotopic (exact) mass is 195 g/mol. The Labute approximate surface area is 85.1 Å². The Morgan fingerprint density at radius 1 is 1.36 bits per heavy atom. The van der Waals surface area contributed by atoms with E-state index in [1.165, 1.54) is 6.07 Å². The van der Waals surface area contributed by atoms with Gasteiger partial charge in [-0.3, -0.25) is 0 Å². The van der Waals surface area contributed by atoms with Crippen LogP contribution in [0.1, 0.15) is 37.7 Å². The highest BCUT2D eigenvalue weighted by molar-refractivity contribution is 5.20. The smallest absolute Gasteiger partial charge is 0.123 e. The molecule has 1 nitrogen and oxygen atoms in total. The van der Waals surface area contributed by atoms with Crippen LogP contribution >= 0.6 is 0 Å². The Hall–Kier alpha value is -0.890. The second-order valence-corrected chi connectivity index (χ2v) is 3.62. The molecule has 0 radical (unpaired) electrons. The van der Waals surface area contributed by atoms with Crippen LogP contribution in [0.4, 0.5) is 4.39 Å². The molecule has 0 aliphatic rings. The van der Waals surface area contributed by atoms with Crippen LogP contribution in [0, 0.1) is 5.82 Å². The largest absolute Gasteiger partial charge is 0.330 e. The normalized spacial score (nSPS) is 12.8. The van der Waals surface area contributed by atoms with Crippen molar-refractivity contribution in [2.75, 3.05) is 6.54 Å². The number of benzene rings is 1. The Balaban J connectivity index is 2.75. The van der Waals surface area contributed by atoms with E-state index in [-0.39, 0.29) is 5.82 Å². The molecule has 0 saturated carbocycles. The summed E-state index contributed by atoms with van der Waals surface area (Å²) in [4.78, 5) is 0. The summed E-state index contributed by atoms with van der Waals surface area (Å²) < 4.78 is 13.0. The summed E-state index contributed by atoms with van der Waals surface area (Å²) in [6.07, 6.45) is 3.14. The lowest BCUT2D eigenvalue weighted by atomic mass is 9.91. The van der Waals surface area contributed by atoms with Crippen LogP contribution in [0.25, 0.3) is 0 Å². The number of rotatable bonds is 5. The minimum absolute atomic E-state index is 0.152. The first-order valence-corrected chi connectivity index (χ1v) is 5.23. The van der Waals surface area contributed by atoms with E-state index in [0.29, 0.717) is 12.5 Å². The van der Waals surface area contributed by atoms with Crippen molar-refractivity contribution >= 4 is 0 Å². The summed E-state index contributed by atoms with van der Waals surface area (Å²) in [5, 5.41) is 0. The number of hydrogen-bond donors (Lipinski definition) is 1. The minimum Gasteiger partial charge on any atom is -0.330 e. The predicted molar refractivity (Wildman–Crippen MR) is 57.7 cm³/mol. The Bertz CT molecular complexity index is 267. The molecule has 0 aliphatic heterocycles. The van der Waals surface area contributed by atoms with Gasteiger partial charge in [0.25, 0.3) is 0 Å². The lowest BCUT2D eigenvalue weighted by molar-refractivity contribution is 0.566. The van der Waals surface area contributed by atoms with Crippen molar-refractivity contribution in [3.8, 4) is 0 Å². The molecule has 1 aromatic rings. The molecular weight excluding hydrogens is 177 g/mol. The van der Waals surface area contributed by atoms with Crippen molar-refractivity contribution in [2.24, 2.45) is 5.73 Å². The molecule has 0 heterocycles. The van der Waals surface area contributed by atoms with Gasteiger partial charge in [-0.25, -0.2) is 4.39 Å². The number of nitrogens with two attached hydrogens (primary N) is 1. The van der Waals surface area contributed by atoms with Crippen LogP contribution in [0.2, 0.25) is 0 Å². The quantitative estimate of drug-likeness (QED) is 0.767. The van der Waals surface area contributed by atoms with Gasteiger partial charge in [0, 0.05) is 0 Å². The van der Waals surface area contributed by atoms with Gasteiger partial charge < -0.3 is 5.73 Å². The Morgan fingerprint density at radius 2 is 2.14 bits per heavy atom. The van der Waals surface area contributed by atoms with Gasteiger partial charge in [-0.05, 0) is 43.0 Å². The molecule has 1 aromatic carbocycles. The van der Waals surface area contributed by atoms with Crippen LogP contribution in [-0.4, -0.2) is 6.54 Å². The van der Waals surface area contributed by atoms with E-state index < -0.39 is 0 Å². The molecule has 1 atom stereocenters. The van der Waals surface area contributed by atoms with E-state index in [1.54, 1.807) is 12.1 Å². The molecule has 0 aliphatic carbocycles. The second kappa shape index (κ2) is 5.76. The minimum atomic E-state index is -0.152. The summed E-state index contributed by atoms with van der Waals surface area (Å²) in [7, 11) is 0. The molecule has 1 unspecified atom stereocenters. The zero-order valence-corrected chi connectivity index (χ0v) is 8.67. The van der Waals surface area contributed by atoms with Gasteiger partial charge in [-0.1, -0.05) is 25.5 Å². The van der Waals surface area contributed by atoms with E-state index in [1.807, 2.05) is 6.07 Å². The molecule has 0 saturated heterocycles. The molecule has 2 heteroatoms. The first-order chi connectivity index (χ1) is 6.77. The SMILES string of the molecule is CCCC(CCN)c1cccc(F)c1. The average Bonchev–Trinajstić information content (AvgIpc) is 2.17. The van der Waals surface area contributed by atoms with Crippen molar-refractivity contribution in [3.05, 3.63) is 35.6 Å². The van der Waals surface area contributed by atoms with Crippen molar-refractivity contribution < 1.29 is 4.39 Å². The molecule has 1 rings (SSSR count). The van der Waals surface area contributed by atoms with Crippen molar-refractivity contribution in [2.45, 2.75) is 32.1 Å². The van der Waals surface area contributed by atoms with Crippen LogP contribution in [0.3, 0.4) is 0 Å². The molecule has 14 heavy (non-hydrogen) atoms. The van der Waals surface area contributed by atoms with Gasteiger partial charge in [-0.15, -0.1) is 0 Å². The topological polar surface area (TPSA) is 26.0 Å². The lowest BCUT2D eigenvalue weighted by Crippen LogP contribution is -2.07. The van der Waals surface area contributed by atoms with E-state index >= 15 is 0 Å². The summed E-state index contributed by atoms with van der Waals surface area (Å²) >= 11 is 0. The van der Waals surface area contributed by atoms with Gasteiger partial charge >= 0.3 is 0 Å². The van der Waals surface area contributed by atoms with E-state index in [4.69, 9.17) is 5.73 Å². The highest BCUT2D eigenvalue weighted by Gasteiger charge is 2.09. The first kappa shape index (κ1) is 11.2. The molecule has 0 spiro atoms. The van der Waals surface area contributed by atoms with Crippen LogP contribution in [-0.2, 0) is 0 Å². The lowest BCUT2D eigenvalue weighted by Gasteiger charge is -2.15. The van der Waals surface area contributed by atoms with Crippen LogP contribution in [0.15, 0.2) is 24.3 Å². The highest BCUT2D eigenvalue weighted by atomic mass is 19.1. The average molecular weight is 195 g/mol. The Morgan fingerprint density at radius 3 is 2.71 bits per heavy atom. The van der Waals surface area contributed by atoms with Crippen LogP contribution < -0.4 is 5.73 Å². The third-order valence-corrected chi connectivity index (χ3v) is 2.47. The first-order valence-electron chi connectivity index (χ1n) is 5.23. The highest BCUT2D eigenvalue weighted by Crippen LogP contribution is 2.24. The van der Waals surface area contributed by atoms with E-state index in [0.717, 1.165) is 24.8 Å². The molecule has 0 bridgehead atoms. The van der Waals surface area contributed by atoms with Gasteiger partial charge in [0.1, 0.15) is 5.82 Å². The third-order valence-electron chi connectivity index (χ3n) is 2.47. The maximum absolute atomic E-state index is 13.0. The van der Waals surface area contributed by atoms with Gasteiger partial charge in [-0.2, -0.15) is 0 Å². The summed E-state index contributed by atoms with van der Waals surface area (Å²) in [6.45, 7) is 2.81. The molecular formula is C12H18FN. The van der Waals surface area contributed by atoms with Crippen LogP contribution in [0.5, 0.6) is 0 Å². The molecule has 0 fully saturated rings. The van der Waals surface area contributed by atoms with Crippen molar-refractivity contribution in [1.82, 2.24) is 0 Å². The summed E-state index contributed by atoms with van der Waals surface area (Å²) in [6, 6.07) is 6.86. The maximum Gasteiger partial charge on any atom is 0.123 e. The fourth-order valence-corrected chi connectivity index (χ4v) is 1.79. The molecule has 0 amide bonds. The van der Waals surface area contributed by atoms with Crippen molar-refractivity contribution in [3.63, 3.8) is 0 Å². The third kappa shape index (κ3) is 3.11. The second-order valence-electron chi connectivity index (χ2n) is 3.62. The van der Waals surface area contributed by atoms with Gasteiger partial charge in [0.15, 0.2) is 0 Å². The van der Waals surface area contributed by atoms with E-state index in [2.05, 4.69) is 6.92 Å². The number of hydrogen-bond acceptors (Lipinski definition) is 1. The summed E-state index contributed by atoms with van der Waals surface area (Å²) in [5.74, 6) is 0.265. The maximum atomic E-state index is 13.0. The van der Waals surface area contributed by atoms with Gasteiger partial charge in [0.05, 0.1) is 0 Å². The molecule has 2 N–H and O–H groups in total. The fraction of sp³-hybridized carbons (Fsp3) is 0.500.